The smallest absolute Gasteiger partial charge is 0.305 e. The summed E-state index contributed by atoms with van der Waals surface area (Å²) in [6.45, 7) is 7.15. The molecule has 2 heterocycles. The highest BCUT2D eigenvalue weighted by Gasteiger charge is 2.58. The fourth-order valence-electron chi connectivity index (χ4n) is 5.46. The number of benzene rings is 1. The van der Waals surface area contributed by atoms with Crippen molar-refractivity contribution < 1.29 is 93.5 Å². The molecule has 0 spiro atoms. The van der Waals surface area contributed by atoms with Crippen molar-refractivity contribution in [1.82, 2.24) is 0 Å². The molecule has 0 aliphatic carbocycles. The van der Waals surface area contributed by atoms with Gasteiger partial charge in [0.15, 0.2) is 30.7 Å². The van der Waals surface area contributed by atoms with Crippen LogP contribution in [-0.2, 0) is 95.2 Å². The molecular formula is C33H42O20S. The Labute approximate surface area is 309 Å². The molecule has 54 heavy (non-hydrogen) atoms. The number of ether oxygens (including phenoxy) is 10. The molecule has 1 aromatic rings. The number of carbonyl (C=O) groups excluding carboxylic acids is 7. The second-order valence-electron chi connectivity index (χ2n) is 12.0. The predicted octanol–water partition coefficient (Wildman–Crippen LogP) is 0.320. The average Bonchev–Trinajstić information content (AvgIpc) is 3.03. The summed E-state index contributed by atoms with van der Waals surface area (Å²) in [4.78, 5) is 85.4. The van der Waals surface area contributed by atoms with Gasteiger partial charge in [-0.3, -0.25) is 37.7 Å². The zero-order chi connectivity index (χ0) is 40.5. The normalized spacial score (nSPS) is 28.1. The van der Waals surface area contributed by atoms with Gasteiger partial charge >= 0.3 is 41.8 Å². The van der Waals surface area contributed by atoms with Crippen molar-refractivity contribution in [3.05, 3.63) is 29.8 Å². The largest absolute Gasteiger partial charge is 0.463 e. The van der Waals surface area contributed by atoms with Gasteiger partial charge in [0.1, 0.15) is 24.9 Å². The molecule has 0 aromatic heterocycles. The molecule has 0 bridgehead atoms. The molecule has 3 rings (SSSR count). The summed E-state index contributed by atoms with van der Waals surface area (Å²) < 4.78 is 87.4. The second-order valence-corrected chi connectivity index (χ2v) is 13.6. The molecule has 2 aliphatic rings. The second kappa shape index (κ2) is 19.1. The number of aryl methyl sites for hydroxylation is 1. The molecule has 300 valence electrons. The summed E-state index contributed by atoms with van der Waals surface area (Å²) in [5.41, 5.74) is 0.743. The lowest BCUT2D eigenvalue weighted by Crippen LogP contribution is -2.67. The molecule has 2 fully saturated rings. The van der Waals surface area contributed by atoms with E-state index < -0.39 is 127 Å². The monoisotopic (exact) mass is 790 g/mol. The molecule has 0 amide bonds. The summed E-state index contributed by atoms with van der Waals surface area (Å²) >= 11 is 0. The van der Waals surface area contributed by atoms with Crippen LogP contribution in [0.2, 0.25) is 0 Å². The first-order valence-corrected chi connectivity index (χ1v) is 17.7. The highest BCUT2D eigenvalue weighted by atomic mass is 32.2. The van der Waals surface area contributed by atoms with Crippen molar-refractivity contribution in [3.63, 3.8) is 0 Å². The highest BCUT2D eigenvalue weighted by molar-refractivity contribution is 7.86. The van der Waals surface area contributed by atoms with E-state index in [0.717, 1.165) is 54.0 Å². The number of esters is 7. The summed E-state index contributed by atoms with van der Waals surface area (Å²) in [6.07, 6.45) is -17.5. The van der Waals surface area contributed by atoms with Crippen molar-refractivity contribution >= 4 is 51.9 Å². The van der Waals surface area contributed by atoms with E-state index in [1.807, 2.05) is 0 Å². The Hall–Kier alpha value is -4.70. The Morgan fingerprint density at radius 3 is 1.41 bits per heavy atom. The van der Waals surface area contributed by atoms with Gasteiger partial charge in [-0.2, -0.15) is 8.42 Å². The first-order valence-electron chi connectivity index (χ1n) is 16.3. The molecule has 21 heteroatoms. The van der Waals surface area contributed by atoms with Crippen molar-refractivity contribution in [3.8, 4) is 0 Å². The molecule has 10 atom stereocenters. The van der Waals surface area contributed by atoms with Gasteiger partial charge in [-0.1, -0.05) is 17.7 Å². The molecule has 1 aromatic carbocycles. The van der Waals surface area contributed by atoms with Crippen LogP contribution in [0.3, 0.4) is 0 Å². The van der Waals surface area contributed by atoms with Crippen LogP contribution in [0.1, 0.15) is 54.0 Å². The van der Waals surface area contributed by atoms with E-state index in [-0.39, 0.29) is 4.90 Å². The minimum atomic E-state index is -4.53. The zero-order valence-electron chi connectivity index (χ0n) is 30.6. The summed E-state index contributed by atoms with van der Waals surface area (Å²) in [6, 6.07) is 5.58. The van der Waals surface area contributed by atoms with Crippen molar-refractivity contribution in [2.24, 2.45) is 0 Å². The third-order valence-corrected chi connectivity index (χ3v) is 8.71. The van der Waals surface area contributed by atoms with Crippen molar-refractivity contribution in [2.45, 2.75) is 122 Å². The van der Waals surface area contributed by atoms with Crippen molar-refractivity contribution in [1.29, 1.82) is 0 Å². The fraction of sp³-hybridized carbons (Fsp3) is 0.606. The standard InChI is InChI=1S/C33H42O20S/c1-15-9-11-23(12-10-15)54(41,42)44-14-25-27(29(47-19(5)37)30(48-20(6)38)32(52-25)50-22(8)40)53-33-31(49-21(7)39)28(46-18(4)36)26(45-17(3)35)24(51-33)13-43-16(2)34/h9-12,24-33H,13-14H2,1-8H3/t24-,25-,26-,27-,28+,29+,30-,31-,32-,33-/m1/s1. The van der Waals surface area contributed by atoms with E-state index in [1.165, 1.54) is 24.3 Å². The Morgan fingerprint density at radius 1 is 0.519 bits per heavy atom. The minimum Gasteiger partial charge on any atom is -0.463 e. The molecule has 20 nitrogen and oxygen atoms in total. The molecule has 2 saturated heterocycles. The minimum absolute atomic E-state index is 0.258. The van der Waals surface area contributed by atoms with Gasteiger partial charge < -0.3 is 47.4 Å². The maximum absolute atomic E-state index is 13.3. The molecule has 2 aliphatic heterocycles. The number of rotatable bonds is 14. The van der Waals surface area contributed by atoms with E-state index in [0.29, 0.717) is 0 Å². The van der Waals surface area contributed by atoms with Crippen LogP contribution < -0.4 is 0 Å². The lowest BCUT2D eigenvalue weighted by atomic mass is 9.96. The van der Waals surface area contributed by atoms with Crippen LogP contribution in [0.15, 0.2) is 29.2 Å². The lowest BCUT2D eigenvalue weighted by Gasteiger charge is -2.48. The van der Waals surface area contributed by atoms with Crippen LogP contribution >= 0.6 is 0 Å². The van der Waals surface area contributed by atoms with Crippen LogP contribution in [0.5, 0.6) is 0 Å². The first-order chi connectivity index (χ1) is 25.2. The van der Waals surface area contributed by atoms with E-state index in [4.69, 9.17) is 51.6 Å². The van der Waals surface area contributed by atoms with Gasteiger partial charge in [0.2, 0.25) is 12.4 Å². The highest BCUT2D eigenvalue weighted by Crippen LogP contribution is 2.36. The van der Waals surface area contributed by atoms with Gasteiger partial charge in [-0.25, -0.2) is 0 Å². The van der Waals surface area contributed by atoms with E-state index in [9.17, 15) is 42.0 Å². The number of hydrogen-bond donors (Lipinski definition) is 0. The van der Waals surface area contributed by atoms with Crippen LogP contribution in [0.25, 0.3) is 0 Å². The van der Waals surface area contributed by atoms with Gasteiger partial charge in [0.05, 0.1) is 11.5 Å². The Bertz CT molecular complexity index is 1660. The Kier molecular flexibility index (Phi) is 15.4. The van der Waals surface area contributed by atoms with E-state index >= 15 is 0 Å². The third-order valence-electron chi connectivity index (χ3n) is 7.41. The van der Waals surface area contributed by atoms with Gasteiger partial charge in [-0.05, 0) is 19.1 Å². The molecule has 0 N–H and O–H groups in total. The topological polar surface area (TPSA) is 255 Å². The maximum Gasteiger partial charge on any atom is 0.305 e. The summed E-state index contributed by atoms with van der Waals surface area (Å²) in [7, 11) is -4.53. The third kappa shape index (κ3) is 12.4. The molecular weight excluding hydrogens is 748 g/mol. The molecule has 0 unspecified atom stereocenters. The van der Waals surface area contributed by atoms with Gasteiger partial charge in [0.25, 0.3) is 10.1 Å². The van der Waals surface area contributed by atoms with E-state index in [2.05, 4.69) is 0 Å². The molecule has 0 saturated carbocycles. The van der Waals surface area contributed by atoms with Crippen LogP contribution in [0, 0.1) is 6.92 Å². The summed E-state index contributed by atoms with van der Waals surface area (Å²) in [5, 5.41) is 0. The lowest BCUT2D eigenvalue weighted by molar-refractivity contribution is -0.357. The average molecular weight is 791 g/mol. The maximum atomic E-state index is 13.3. The number of carbonyl (C=O) groups is 7. The Morgan fingerprint density at radius 2 is 0.926 bits per heavy atom. The van der Waals surface area contributed by atoms with Crippen LogP contribution in [-0.4, -0.2) is 125 Å². The summed E-state index contributed by atoms with van der Waals surface area (Å²) in [5.74, 6) is -6.56. The predicted molar refractivity (Wildman–Crippen MR) is 173 cm³/mol. The quantitative estimate of drug-likeness (QED) is 0.140. The zero-order valence-corrected chi connectivity index (χ0v) is 31.4. The molecule has 0 radical (unpaired) electrons. The Balaban J connectivity index is 2.20. The SMILES string of the molecule is CC(=O)OC[C@H]1O[C@H](O[C@H]2[C@H](OC(C)=O)[C@@H](OC(C)=O)[C@H](OC(C)=O)O[C@@H]2COS(=O)(=O)c2ccc(C)cc2)[C@H](OC(C)=O)[C@@H](OC(C)=O)[C@@H]1OC(C)=O. The van der Waals surface area contributed by atoms with Gasteiger partial charge in [-0.15, -0.1) is 0 Å². The van der Waals surface area contributed by atoms with Crippen molar-refractivity contribution in [2.75, 3.05) is 13.2 Å². The fourth-order valence-corrected chi connectivity index (χ4v) is 6.38. The number of hydrogen-bond acceptors (Lipinski definition) is 20. The van der Waals surface area contributed by atoms with Gasteiger partial charge in [0, 0.05) is 48.5 Å². The van der Waals surface area contributed by atoms with E-state index in [1.54, 1.807) is 6.92 Å². The first kappa shape index (κ1) is 43.7. The van der Waals surface area contributed by atoms with Crippen LogP contribution in [0.4, 0.5) is 0 Å².